The minimum absolute atomic E-state index is 1.13. The first-order valence-corrected chi connectivity index (χ1v) is 6.34. The van der Waals surface area contributed by atoms with Gasteiger partial charge in [-0.2, -0.15) is 0 Å². The maximum absolute atomic E-state index is 4.18. The average molecular weight is 241 g/mol. The van der Waals surface area contributed by atoms with E-state index in [4.69, 9.17) is 0 Å². The second kappa shape index (κ2) is 6.34. The van der Waals surface area contributed by atoms with Gasteiger partial charge in [0, 0.05) is 11.9 Å². The number of hydrogen-bond donors (Lipinski definition) is 0. The molecule has 0 atom stereocenters. The van der Waals surface area contributed by atoms with E-state index in [1.54, 1.807) is 0 Å². The summed E-state index contributed by atoms with van der Waals surface area (Å²) in [5.41, 5.74) is 7.74. The highest BCUT2D eigenvalue weighted by Gasteiger charge is 1.90. The molecular formula is C17H23N. The van der Waals surface area contributed by atoms with E-state index in [-0.39, 0.29) is 0 Å². The number of benzene rings is 1. The SMILES string of the molecule is Cc1ccc(C)c(C)c1.Cc1cnc(C)c(C)c1. The first-order chi connectivity index (χ1) is 8.40. The van der Waals surface area contributed by atoms with Gasteiger partial charge >= 0.3 is 0 Å². The summed E-state index contributed by atoms with van der Waals surface area (Å²) in [4.78, 5) is 4.18. The maximum atomic E-state index is 4.18. The molecule has 2 rings (SSSR count). The lowest BCUT2D eigenvalue weighted by molar-refractivity contribution is 1.12. The molecule has 0 spiro atoms. The van der Waals surface area contributed by atoms with Crippen LogP contribution in [-0.2, 0) is 0 Å². The van der Waals surface area contributed by atoms with Crippen LogP contribution >= 0.6 is 0 Å². The summed E-state index contributed by atoms with van der Waals surface area (Å²) in [6, 6.07) is 8.64. The van der Waals surface area contributed by atoms with Gasteiger partial charge < -0.3 is 0 Å². The molecule has 0 aliphatic heterocycles. The van der Waals surface area contributed by atoms with Crippen LogP contribution in [0.1, 0.15) is 33.5 Å². The standard InChI is InChI=1S/C9H12.C8H11N/c1-7-4-5-8(2)9(3)6-7;1-6-4-7(2)8(3)9-5-6/h4-6H,1-3H3;4-5H,1-3H3. The van der Waals surface area contributed by atoms with E-state index >= 15 is 0 Å². The molecule has 0 radical (unpaired) electrons. The Kier molecular flexibility index (Phi) is 5.08. The van der Waals surface area contributed by atoms with Gasteiger partial charge in [0.2, 0.25) is 0 Å². The van der Waals surface area contributed by atoms with E-state index in [1.807, 2.05) is 13.1 Å². The summed E-state index contributed by atoms with van der Waals surface area (Å²) >= 11 is 0. The molecule has 0 saturated heterocycles. The van der Waals surface area contributed by atoms with Crippen LogP contribution in [0, 0.1) is 41.5 Å². The number of aryl methyl sites for hydroxylation is 6. The monoisotopic (exact) mass is 241 g/mol. The van der Waals surface area contributed by atoms with Crippen molar-refractivity contribution in [1.29, 1.82) is 0 Å². The van der Waals surface area contributed by atoms with Crippen LogP contribution < -0.4 is 0 Å². The number of aromatic nitrogens is 1. The Balaban J connectivity index is 0.000000180. The molecule has 18 heavy (non-hydrogen) atoms. The van der Waals surface area contributed by atoms with Gasteiger partial charge in [0.1, 0.15) is 0 Å². The Bertz CT molecular complexity index is 478. The minimum Gasteiger partial charge on any atom is -0.261 e. The predicted molar refractivity (Wildman–Crippen MR) is 79.1 cm³/mol. The van der Waals surface area contributed by atoms with Crippen LogP contribution in [0.15, 0.2) is 30.5 Å². The second-order valence-corrected chi connectivity index (χ2v) is 5.00. The highest BCUT2D eigenvalue weighted by Crippen LogP contribution is 2.07. The fourth-order valence-corrected chi connectivity index (χ4v) is 1.68. The molecule has 0 aliphatic rings. The lowest BCUT2D eigenvalue weighted by Crippen LogP contribution is -1.85. The molecule has 0 N–H and O–H groups in total. The van der Waals surface area contributed by atoms with Crippen LogP contribution in [0.25, 0.3) is 0 Å². The molecule has 0 amide bonds. The summed E-state index contributed by atoms with van der Waals surface area (Å²) < 4.78 is 0. The molecule has 0 saturated carbocycles. The number of pyridine rings is 1. The largest absolute Gasteiger partial charge is 0.261 e. The Labute approximate surface area is 111 Å². The Morgan fingerprint density at radius 2 is 1.28 bits per heavy atom. The predicted octanol–water partition coefficient (Wildman–Crippen LogP) is 4.62. The molecule has 2 aromatic rings. The third-order valence-corrected chi connectivity index (χ3v) is 3.14. The van der Waals surface area contributed by atoms with E-state index < -0.39 is 0 Å². The van der Waals surface area contributed by atoms with E-state index in [9.17, 15) is 0 Å². The third kappa shape index (κ3) is 4.33. The quantitative estimate of drug-likeness (QED) is 0.656. The summed E-state index contributed by atoms with van der Waals surface area (Å²) in [6.45, 7) is 12.5. The fourth-order valence-electron chi connectivity index (χ4n) is 1.68. The summed E-state index contributed by atoms with van der Waals surface area (Å²) in [6.07, 6.45) is 1.89. The van der Waals surface area contributed by atoms with Crippen molar-refractivity contribution in [2.45, 2.75) is 41.5 Å². The molecular weight excluding hydrogens is 218 g/mol. The van der Waals surface area contributed by atoms with Crippen molar-refractivity contribution in [1.82, 2.24) is 4.98 Å². The van der Waals surface area contributed by atoms with Crippen molar-refractivity contribution in [2.24, 2.45) is 0 Å². The summed E-state index contributed by atoms with van der Waals surface area (Å²) in [5.74, 6) is 0. The molecule has 1 nitrogen and oxygen atoms in total. The van der Waals surface area contributed by atoms with Gasteiger partial charge in [-0.25, -0.2) is 0 Å². The van der Waals surface area contributed by atoms with Crippen LogP contribution in [-0.4, -0.2) is 4.98 Å². The number of nitrogens with zero attached hydrogens (tertiary/aromatic N) is 1. The highest BCUT2D eigenvalue weighted by molar-refractivity contribution is 5.28. The number of hydrogen-bond acceptors (Lipinski definition) is 1. The van der Waals surface area contributed by atoms with Crippen molar-refractivity contribution >= 4 is 0 Å². The van der Waals surface area contributed by atoms with Gasteiger partial charge in [0.15, 0.2) is 0 Å². The molecule has 0 aliphatic carbocycles. The van der Waals surface area contributed by atoms with Gasteiger partial charge in [-0.3, -0.25) is 4.98 Å². The fraction of sp³-hybridized carbons (Fsp3) is 0.353. The van der Waals surface area contributed by atoms with Gasteiger partial charge in [0.25, 0.3) is 0 Å². The first-order valence-electron chi connectivity index (χ1n) is 6.34. The van der Waals surface area contributed by atoms with Crippen LogP contribution in [0.5, 0.6) is 0 Å². The average Bonchev–Trinajstić information content (AvgIpc) is 2.30. The van der Waals surface area contributed by atoms with Crippen molar-refractivity contribution in [2.75, 3.05) is 0 Å². The Hall–Kier alpha value is -1.63. The Morgan fingerprint density at radius 3 is 1.72 bits per heavy atom. The molecule has 1 heteroatoms. The normalized spacial score (nSPS) is 9.67. The molecule has 1 aromatic carbocycles. The van der Waals surface area contributed by atoms with Crippen molar-refractivity contribution in [3.8, 4) is 0 Å². The van der Waals surface area contributed by atoms with Crippen LogP contribution in [0.4, 0.5) is 0 Å². The van der Waals surface area contributed by atoms with Crippen molar-refractivity contribution in [3.05, 3.63) is 64.0 Å². The lowest BCUT2D eigenvalue weighted by Gasteiger charge is -1.98. The van der Waals surface area contributed by atoms with Gasteiger partial charge in [-0.05, 0) is 63.8 Å². The smallest absolute Gasteiger partial charge is 0.0401 e. The zero-order valence-electron chi connectivity index (χ0n) is 12.3. The summed E-state index contributed by atoms with van der Waals surface area (Å²) in [7, 11) is 0. The second-order valence-electron chi connectivity index (χ2n) is 5.00. The number of rotatable bonds is 0. The molecule has 0 unspecified atom stereocenters. The van der Waals surface area contributed by atoms with E-state index in [0.717, 1.165) is 5.69 Å². The molecule has 96 valence electrons. The van der Waals surface area contributed by atoms with E-state index in [0.29, 0.717) is 0 Å². The van der Waals surface area contributed by atoms with Crippen molar-refractivity contribution in [3.63, 3.8) is 0 Å². The van der Waals surface area contributed by atoms with E-state index in [2.05, 4.69) is 63.9 Å². The maximum Gasteiger partial charge on any atom is 0.0401 e. The van der Waals surface area contributed by atoms with E-state index in [1.165, 1.54) is 27.8 Å². The molecule has 0 bridgehead atoms. The molecule has 1 aromatic heterocycles. The van der Waals surface area contributed by atoms with Gasteiger partial charge in [-0.1, -0.05) is 29.8 Å². The van der Waals surface area contributed by atoms with Gasteiger partial charge in [0.05, 0.1) is 0 Å². The molecule has 1 heterocycles. The molecule has 0 fully saturated rings. The highest BCUT2D eigenvalue weighted by atomic mass is 14.7. The van der Waals surface area contributed by atoms with Gasteiger partial charge in [-0.15, -0.1) is 0 Å². The zero-order chi connectivity index (χ0) is 13.7. The lowest BCUT2D eigenvalue weighted by atomic mass is 10.1. The zero-order valence-corrected chi connectivity index (χ0v) is 12.3. The van der Waals surface area contributed by atoms with Crippen molar-refractivity contribution < 1.29 is 0 Å². The third-order valence-electron chi connectivity index (χ3n) is 3.14. The summed E-state index contributed by atoms with van der Waals surface area (Å²) in [5, 5.41) is 0. The Morgan fingerprint density at radius 1 is 0.667 bits per heavy atom. The van der Waals surface area contributed by atoms with Crippen LogP contribution in [0.2, 0.25) is 0 Å². The van der Waals surface area contributed by atoms with Crippen LogP contribution in [0.3, 0.4) is 0 Å². The topological polar surface area (TPSA) is 12.9 Å². The minimum atomic E-state index is 1.13. The first kappa shape index (κ1) is 14.4.